The number of nitrogens with zero attached hydrogens (tertiary/aromatic N) is 3. The quantitative estimate of drug-likeness (QED) is 0.561. The van der Waals surface area contributed by atoms with E-state index in [2.05, 4.69) is 9.97 Å². The normalized spacial score (nSPS) is 34.5. The van der Waals surface area contributed by atoms with Crippen molar-refractivity contribution in [3.63, 3.8) is 0 Å². The number of hydrogen-bond donors (Lipinski definition) is 3. The summed E-state index contributed by atoms with van der Waals surface area (Å²) in [6, 6.07) is 7.05. The maximum absolute atomic E-state index is 10.5. The van der Waals surface area contributed by atoms with Gasteiger partial charge in [0.05, 0.1) is 18.0 Å². The number of nitrogens with two attached hydrogens (primary N) is 1. The summed E-state index contributed by atoms with van der Waals surface area (Å²) in [5, 5.41) is 21.6. The average molecular weight is 419 g/mol. The van der Waals surface area contributed by atoms with Crippen LogP contribution in [0, 0.1) is 17.8 Å². The van der Waals surface area contributed by atoms with Crippen molar-refractivity contribution in [3.05, 3.63) is 46.3 Å². The van der Waals surface area contributed by atoms with Crippen molar-refractivity contribution in [1.82, 2.24) is 14.5 Å². The Bertz CT molecular complexity index is 1140. The predicted octanol–water partition coefficient (Wildman–Crippen LogP) is 2.42. The van der Waals surface area contributed by atoms with Crippen molar-refractivity contribution < 1.29 is 14.9 Å². The zero-order valence-electron chi connectivity index (χ0n) is 14.5. The van der Waals surface area contributed by atoms with Crippen LogP contribution in [0.3, 0.4) is 0 Å². The molecule has 4 aliphatic rings. The first-order chi connectivity index (χ1) is 13.4. The van der Waals surface area contributed by atoms with E-state index < -0.39 is 11.7 Å². The smallest absolute Gasteiger partial charge is 0.182 e. The third-order valence-corrected chi connectivity index (χ3v) is 6.97. The number of ether oxygens (including phenoxy) is 1. The second-order valence-corrected chi connectivity index (χ2v) is 8.63. The molecule has 0 saturated heterocycles. The lowest BCUT2D eigenvalue weighted by molar-refractivity contribution is -0.00951. The lowest BCUT2D eigenvalue weighted by atomic mass is 10.1. The lowest BCUT2D eigenvalue weighted by Gasteiger charge is -2.18. The van der Waals surface area contributed by atoms with Crippen molar-refractivity contribution in [2.24, 2.45) is 17.8 Å². The van der Waals surface area contributed by atoms with Gasteiger partial charge >= 0.3 is 0 Å². The van der Waals surface area contributed by atoms with E-state index in [9.17, 15) is 10.2 Å². The van der Waals surface area contributed by atoms with E-state index in [-0.39, 0.29) is 41.3 Å². The summed E-state index contributed by atoms with van der Waals surface area (Å²) in [5.41, 5.74) is 7.46. The molecule has 0 amide bonds. The number of nitrogen functional groups attached to an aromatic ring is 1. The number of pyridine rings is 1. The molecule has 6 atom stereocenters. The largest absolute Gasteiger partial charge is 0.483 e. The molecule has 7 nitrogen and oxygen atoms in total. The highest BCUT2D eigenvalue weighted by Crippen LogP contribution is 2.86. The summed E-state index contributed by atoms with van der Waals surface area (Å²) in [6.45, 7) is 0.234. The Morgan fingerprint density at radius 2 is 2.07 bits per heavy atom. The standard InChI is InChI=1S/C19H16Cl2N4O3/c20-8-3-1-2-7(4-8)5-28-15-12(22)13-18(24-17(15)21)25(6-23-13)14-9-10-11(9)19(10,27)16(14)26/h1-4,6,9-11,14,16,26-27H,5H2,(H2,22,24)/t9?,10-,11?,14+,16-,19?/m0/s1. The fourth-order valence-electron chi connectivity index (χ4n) is 5.08. The number of fused-ring (bicyclic) bond motifs is 2. The molecule has 4 fully saturated rings. The van der Waals surface area contributed by atoms with E-state index in [1.165, 1.54) is 0 Å². The maximum Gasteiger partial charge on any atom is 0.182 e. The Kier molecular flexibility index (Phi) is 3.19. The Morgan fingerprint density at radius 1 is 1.29 bits per heavy atom. The molecular formula is C19H16Cl2N4O3. The van der Waals surface area contributed by atoms with Gasteiger partial charge in [-0.1, -0.05) is 35.3 Å². The Labute approximate surface area is 169 Å². The fraction of sp³-hybridized carbons (Fsp3) is 0.368. The number of benzene rings is 1. The number of aromatic nitrogens is 3. The molecule has 4 aliphatic carbocycles. The molecule has 3 aromatic rings. The molecule has 3 unspecified atom stereocenters. The van der Waals surface area contributed by atoms with Gasteiger partial charge < -0.3 is 25.3 Å². The monoisotopic (exact) mass is 418 g/mol. The lowest BCUT2D eigenvalue weighted by Crippen LogP contribution is -2.30. The van der Waals surface area contributed by atoms with Crippen molar-refractivity contribution in [1.29, 1.82) is 0 Å². The SMILES string of the molecule is Nc1c(OCc2cccc(Cl)c2)c(Cl)nc2c1ncn2[C@@H]1C2C3[C@H]2C3(O)[C@H]1O. The van der Waals surface area contributed by atoms with E-state index in [4.69, 9.17) is 33.7 Å². The van der Waals surface area contributed by atoms with Crippen molar-refractivity contribution in [3.8, 4) is 5.75 Å². The van der Waals surface area contributed by atoms with Gasteiger partial charge in [0, 0.05) is 16.9 Å². The summed E-state index contributed by atoms with van der Waals surface area (Å²) >= 11 is 12.4. The number of rotatable bonds is 4. The molecule has 4 N–H and O–H groups in total. The van der Waals surface area contributed by atoms with Gasteiger partial charge in [-0.3, -0.25) is 0 Å². The highest BCUT2D eigenvalue weighted by atomic mass is 35.5. The van der Waals surface area contributed by atoms with Crippen LogP contribution in [0.4, 0.5) is 5.69 Å². The summed E-state index contributed by atoms with van der Waals surface area (Å²) in [7, 11) is 0. The second-order valence-electron chi connectivity index (χ2n) is 7.84. The molecule has 28 heavy (non-hydrogen) atoms. The first-order valence-corrected chi connectivity index (χ1v) is 9.77. The van der Waals surface area contributed by atoms with E-state index in [1.807, 2.05) is 12.1 Å². The molecular weight excluding hydrogens is 403 g/mol. The second kappa shape index (κ2) is 5.30. The summed E-state index contributed by atoms with van der Waals surface area (Å²) in [5.74, 6) is 0.911. The van der Waals surface area contributed by atoms with Crippen molar-refractivity contribution in [2.75, 3.05) is 5.73 Å². The Balaban J connectivity index is 1.34. The van der Waals surface area contributed by atoms with Crippen LogP contribution in [0.15, 0.2) is 30.6 Å². The molecule has 0 spiro atoms. The number of aliphatic hydroxyl groups excluding tert-OH is 1. The molecule has 7 rings (SSSR count). The summed E-state index contributed by atoms with van der Waals surface area (Å²) < 4.78 is 7.59. The van der Waals surface area contributed by atoms with Crippen LogP contribution < -0.4 is 10.5 Å². The van der Waals surface area contributed by atoms with Gasteiger partial charge in [-0.2, -0.15) is 0 Å². The third-order valence-electron chi connectivity index (χ3n) is 6.48. The number of imidazole rings is 1. The number of hydrogen-bond acceptors (Lipinski definition) is 6. The van der Waals surface area contributed by atoms with Crippen LogP contribution in [-0.2, 0) is 6.61 Å². The van der Waals surface area contributed by atoms with Crippen LogP contribution in [0.5, 0.6) is 5.75 Å². The van der Waals surface area contributed by atoms with Crippen LogP contribution in [-0.4, -0.2) is 36.5 Å². The maximum atomic E-state index is 10.5. The molecule has 0 radical (unpaired) electrons. The number of anilines is 1. The fourth-order valence-corrected chi connectivity index (χ4v) is 5.53. The van der Waals surface area contributed by atoms with Gasteiger partial charge in [0.2, 0.25) is 0 Å². The number of halogens is 2. The molecule has 0 aliphatic heterocycles. The topological polar surface area (TPSA) is 106 Å². The van der Waals surface area contributed by atoms with E-state index >= 15 is 0 Å². The zero-order valence-corrected chi connectivity index (χ0v) is 16.0. The Hall–Kier alpha value is -2.06. The van der Waals surface area contributed by atoms with E-state index in [0.717, 1.165) is 5.56 Å². The molecule has 4 saturated carbocycles. The Morgan fingerprint density at radius 3 is 2.75 bits per heavy atom. The van der Waals surface area contributed by atoms with Crippen LogP contribution >= 0.6 is 23.2 Å². The summed E-state index contributed by atoms with van der Waals surface area (Å²) in [4.78, 5) is 8.81. The van der Waals surface area contributed by atoms with Crippen LogP contribution in [0.1, 0.15) is 11.6 Å². The van der Waals surface area contributed by atoms with Crippen molar-refractivity contribution in [2.45, 2.75) is 24.4 Å². The van der Waals surface area contributed by atoms with Gasteiger partial charge in [0.25, 0.3) is 0 Å². The molecule has 144 valence electrons. The van der Waals surface area contributed by atoms with Gasteiger partial charge in [-0.25, -0.2) is 9.97 Å². The molecule has 9 heteroatoms. The average Bonchev–Trinajstić information content (AvgIpc) is 3.43. The highest BCUT2D eigenvalue weighted by molar-refractivity contribution is 6.32. The first-order valence-electron chi connectivity index (χ1n) is 9.02. The van der Waals surface area contributed by atoms with Crippen LogP contribution in [0.2, 0.25) is 10.2 Å². The van der Waals surface area contributed by atoms with Gasteiger partial charge in [-0.15, -0.1) is 0 Å². The highest BCUT2D eigenvalue weighted by Gasteiger charge is 2.94. The summed E-state index contributed by atoms with van der Waals surface area (Å²) in [6.07, 6.45) is 0.771. The molecule has 1 aromatic carbocycles. The first kappa shape index (κ1) is 16.9. The molecule has 2 bridgehead atoms. The predicted molar refractivity (Wildman–Crippen MR) is 103 cm³/mol. The minimum Gasteiger partial charge on any atom is -0.483 e. The van der Waals surface area contributed by atoms with Gasteiger partial charge in [-0.05, 0) is 23.6 Å². The van der Waals surface area contributed by atoms with E-state index in [0.29, 0.717) is 21.9 Å². The third kappa shape index (κ3) is 1.97. The minimum atomic E-state index is -0.929. The van der Waals surface area contributed by atoms with Crippen LogP contribution in [0.25, 0.3) is 11.2 Å². The van der Waals surface area contributed by atoms with E-state index in [1.54, 1.807) is 23.0 Å². The van der Waals surface area contributed by atoms with Gasteiger partial charge in [0.1, 0.15) is 23.9 Å². The van der Waals surface area contributed by atoms with Crippen molar-refractivity contribution >= 4 is 40.1 Å². The molecule has 2 heterocycles. The zero-order chi connectivity index (χ0) is 19.4. The molecule has 2 aromatic heterocycles. The van der Waals surface area contributed by atoms with Gasteiger partial charge in [0.15, 0.2) is 16.5 Å². The number of aliphatic hydroxyl groups is 2. The minimum absolute atomic E-state index is 0.125.